The second kappa shape index (κ2) is 5.49. The SMILES string of the molecule is O=S1(=O)CCC(NS(=O)(=O)c2ccsc2CO)CC1. The van der Waals surface area contributed by atoms with Crippen LogP contribution in [0.1, 0.15) is 17.7 Å². The Hall–Kier alpha value is -0.480. The van der Waals surface area contributed by atoms with Gasteiger partial charge in [-0.05, 0) is 24.3 Å². The van der Waals surface area contributed by atoms with Crippen LogP contribution in [0.5, 0.6) is 0 Å². The standard InChI is InChI=1S/C10H15NO5S3/c12-7-9-10(1-4-17-9)19(15,16)11-8-2-5-18(13,14)6-3-8/h1,4,8,11-12H,2-3,5-7H2. The van der Waals surface area contributed by atoms with E-state index in [9.17, 15) is 16.8 Å². The van der Waals surface area contributed by atoms with Crippen molar-refractivity contribution in [2.75, 3.05) is 11.5 Å². The molecular weight excluding hydrogens is 310 g/mol. The summed E-state index contributed by atoms with van der Waals surface area (Å²) in [5, 5.41) is 10.7. The first kappa shape index (κ1) is 14.9. The number of sulfone groups is 1. The molecule has 0 spiro atoms. The first-order valence-electron chi connectivity index (χ1n) is 5.74. The number of sulfonamides is 1. The van der Waals surface area contributed by atoms with E-state index < -0.39 is 19.9 Å². The van der Waals surface area contributed by atoms with Crippen molar-refractivity contribution in [2.45, 2.75) is 30.4 Å². The zero-order valence-corrected chi connectivity index (χ0v) is 12.5. The molecule has 0 bridgehead atoms. The molecule has 0 atom stereocenters. The van der Waals surface area contributed by atoms with Gasteiger partial charge in [-0.15, -0.1) is 11.3 Å². The van der Waals surface area contributed by atoms with Crippen molar-refractivity contribution < 1.29 is 21.9 Å². The lowest BCUT2D eigenvalue weighted by atomic mass is 10.2. The molecule has 0 unspecified atom stereocenters. The third-order valence-electron chi connectivity index (χ3n) is 3.01. The Balaban J connectivity index is 2.11. The molecule has 1 aromatic heterocycles. The fraction of sp³-hybridized carbons (Fsp3) is 0.600. The molecule has 1 fully saturated rings. The quantitative estimate of drug-likeness (QED) is 0.817. The van der Waals surface area contributed by atoms with Crippen molar-refractivity contribution in [1.29, 1.82) is 0 Å². The normalized spacial score (nSPS) is 20.5. The minimum atomic E-state index is -3.69. The highest BCUT2D eigenvalue weighted by Gasteiger charge is 2.28. The molecule has 0 aliphatic carbocycles. The fourth-order valence-corrected chi connectivity index (χ4v) is 6.07. The second-order valence-corrected chi connectivity index (χ2v) is 9.40. The molecule has 0 radical (unpaired) electrons. The largest absolute Gasteiger partial charge is 0.391 e. The Labute approximate surface area is 116 Å². The Morgan fingerprint density at radius 3 is 2.58 bits per heavy atom. The van der Waals surface area contributed by atoms with Crippen molar-refractivity contribution in [3.8, 4) is 0 Å². The Bertz CT molecular complexity index is 632. The molecule has 2 heterocycles. The lowest BCUT2D eigenvalue weighted by Crippen LogP contribution is -2.40. The molecule has 19 heavy (non-hydrogen) atoms. The van der Waals surface area contributed by atoms with Crippen LogP contribution in [0.4, 0.5) is 0 Å². The number of aliphatic hydroxyl groups is 1. The summed E-state index contributed by atoms with van der Waals surface area (Å²) in [6.45, 7) is -0.326. The molecule has 108 valence electrons. The number of nitrogens with one attached hydrogen (secondary N) is 1. The molecule has 9 heteroatoms. The van der Waals surface area contributed by atoms with E-state index in [-0.39, 0.29) is 29.0 Å². The number of rotatable bonds is 4. The van der Waals surface area contributed by atoms with Gasteiger partial charge in [0.05, 0.1) is 23.0 Å². The molecular formula is C10H15NO5S3. The molecule has 0 amide bonds. The van der Waals surface area contributed by atoms with E-state index in [4.69, 9.17) is 5.11 Å². The van der Waals surface area contributed by atoms with Gasteiger partial charge in [0.25, 0.3) is 0 Å². The van der Waals surface area contributed by atoms with Gasteiger partial charge in [-0.3, -0.25) is 0 Å². The number of aliphatic hydroxyl groups excluding tert-OH is 1. The van der Waals surface area contributed by atoms with E-state index in [0.29, 0.717) is 17.7 Å². The van der Waals surface area contributed by atoms with Crippen LogP contribution in [0.3, 0.4) is 0 Å². The zero-order chi connectivity index (χ0) is 14.1. The average Bonchev–Trinajstić information content (AvgIpc) is 2.81. The maximum Gasteiger partial charge on any atom is 0.242 e. The number of thiophene rings is 1. The van der Waals surface area contributed by atoms with Gasteiger partial charge < -0.3 is 5.11 Å². The highest BCUT2D eigenvalue weighted by Crippen LogP contribution is 2.23. The maximum absolute atomic E-state index is 12.1. The topological polar surface area (TPSA) is 101 Å². The molecule has 0 saturated carbocycles. The van der Waals surface area contributed by atoms with Crippen LogP contribution in [0, 0.1) is 0 Å². The first-order chi connectivity index (χ1) is 8.84. The Morgan fingerprint density at radius 1 is 1.37 bits per heavy atom. The lowest BCUT2D eigenvalue weighted by molar-refractivity contribution is 0.282. The molecule has 2 N–H and O–H groups in total. The van der Waals surface area contributed by atoms with Gasteiger partial charge in [0.1, 0.15) is 9.84 Å². The highest BCUT2D eigenvalue weighted by atomic mass is 32.2. The average molecular weight is 325 g/mol. The molecule has 0 aromatic carbocycles. The highest BCUT2D eigenvalue weighted by molar-refractivity contribution is 7.91. The van der Waals surface area contributed by atoms with Crippen LogP contribution in [-0.2, 0) is 26.5 Å². The fourth-order valence-electron chi connectivity index (χ4n) is 1.97. The Kier molecular flexibility index (Phi) is 4.31. The maximum atomic E-state index is 12.1. The predicted octanol–water partition coefficient (Wildman–Crippen LogP) is 0.0959. The van der Waals surface area contributed by atoms with E-state index >= 15 is 0 Å². The van der Waals surface area contributed by atoms with Crippen LogP contribution >= 0.6 is 11.3 Å². The van der Waals surface area contributed by atoms with Crippen LogP contribution in [-0.4, -0.2) is 39.5 Å². The van der Waals surface area contributed by atoms with Crippen LogP contribution in [0.2, 0.25) is 0 Å². The molecule has 2 rings (SSSR count). The summed E-state index contributed by atoms with van der Waals surface area (Å²) in [5.41, 5.74) is 0. The third kappa shape index (κ3) is 3.54. The smallest absolute Gasteiger partial charge is 0.242 e. The summed E-state index contributed by atoms with van der Waals surface area (Å²) < 4.78 is 49.4. The van der Waals surface area contributed by atoms with Crippen molar-refractivity contribution in [1.82, 2.24) is 4.72 Å². The van der Waals surface area contributed by atoms with Gasteiger partial charge in [-0.25, -0.2) is 21.6 Å². The summed E-state index contributed by atoms with van der Waals surface area (Å²) in [5.74, 6) is 0.0212. The van der Waals surface area contributed by atoms with Crippen molar-refractivity contribution in [3.63, 3.8) is 0 Å². The summed E-state index contributed by atoms with van der Waals surface area (Å²) in [4.78, 5) is 0.462. The lowest BCUT2D eigenvalue weighted by Gasteiger charge is -2.22. The van der Waals surface area contributed by atoms with Gasteiger partial charge >= 0.3 is 0 Å². The summed E-state index contributed by atoms with van der Waals surface area (Å²) in [7, 11) is -6.70. The van der Waals surface area contributed by atoms with Crippen molar-refractivity contribution in [3.05, 3.63) is 16.3 Å². The van der Waals surface area contributed by atoms with Gasteiger partial charge in [0.2, 0.25) is 10.0 Å². The minimum Gasteiger partial charge on any atom is -0.391 e. The molecule has 1 saturated heterocycles. The van der Waals surface area contributed by atoms with Crippen LogP contribution in [0.25, 0.3) is 0 Å². The third-order valence-corrected chi connectivity index (χ3v) is 7.37. The van der Waals surface area contributed by atoms with E-state index in [1.807, 2.05) is 0 Å². The van der Waals surface area contributed by atoms with Crippen molar-refractivity contribution in [2.24, 2.45) is 0 Å². The van der Waals surface area contributed by atoms with Gasteiger partial charge in [0.15, 0.2) is 0 Å². The predicted molar refractivity (Wildman–Crippen MR) is 72.2 cm³/mol. The van der Waals surface area contributed by atoms with Gasteiger partial charge in [-0.2, -0.15) is 0 Å². The van der Waals surface area contributed by atoms with E-state index in [1.165, 1.54) is 17.4 Å². The summed E-state index contributed by atoms with van der Waals surface area (Å²) in [6.07, 6.45) is 0.584. The van der Waals surface area contributed by atoms with Crippen LogP contribution in [0.15, 0.2) is 16.3 Å². The van der Waals surface area contributed by atoms with E-state index in [1.54, 1.807) is 5.38 Å². The van der Waals surface area contributed by atoms with Gasteiger partial charge in [0, 0.05) is 10.9 Å². The number of hydrogen-bond acceptors (Lipinski definition) is 6. The summed E-state index contributed by atoms with van der Waals surface area (Å²) in [6, 6.07) is 1.08. The molecule has 6 nitrogen and oxygen atoms in total. The summed E-state index contributed by atoms with van der Waals surface area (Å²) >= 11 is 1.17. The van der Waals surface area contributed by atoms with Crippen LogP contribution < -0.4 is 4.72 Å². The molecule has 1 aromatic rings. The molecule has 1 aliphatic heterocycles. The van der Waals surface area contributed by atoms with Gasteiger partial charge in [-0.1, -0.05) is 0 Å². The zero-order valence-electron chi connectivity index (χ0n) is 10.1. The van der Waals surface area contributed by atoms with E-state index in [0.717, 1.165) is 0 Å². The minimum absolute atomic E-state index is 0.0106. The van der Waals surface area contributed by atoms with Crippen molar-refractivity contribution >= 4 is 31.2 Å². The Morgan fingerprint density at radius 2 is 2.00 bits per heavy atom. The monoisotopic (exact) mass is 325 g/mol. The first-order valence-corrected chi connectivity index (χ1v) is 9.92. The van der Waals surface area contributed by atoms with E-state index in [2.05, 4.69) is 4.72 Å². The second-order valence-electron chi connectivity index (χ2n) is 4.41. The molecule has 1 aliphatic rings. The number of hydrogen-bond donors (Lipinski definition) is 2.